The predicted molar refractivity (Wildman–Crippen MR) is 73.4 cm³/mol. The largest absolute Gasteiger partial charge is 0.424 e. The van der Waals surface area contributed by atoms with Crippen LogP contribution in [-0.2, 0) is 4.84 Å². The van der Waals surface area contributed by atoms with E-state index >= 15 is 0 Å². The molecular weight excluding hydrogens is 310 g/mol. The fourth-order valence-electron chi connectivity index (χ4n) is 1.72. The van der Waals surface area contributed by atoms with Crippen molar-refractivity contribution in [1.29, 1.82) is 0 Å². The van der Waals surface area contributed by atoms with Crippen LogP contribution in [0.1, 0.15) is 18.1 Å². The molecule has 0 fully saturated rings. The Morgan fingerprint density at radius 2 is 1.89 bits per heavy atom. The van der Waals surface area contributed by atoms with Crippen LogP contribution >= 0.6 is 15.9 Å². The molecule has 19 heavy (non-hydrogen) atoms. The summed E-state index contributed by atoms with van der Waals surface area (Å²) in [5.74, 6) is 0.688. The molecule has 1 aromatic carbocycles. The zero-order chi connectivity index (χ0) is 13.1. The highest BCUT2D eigenvalue weighted by molar-refractivity contribution is 9.18. The molecule has 2 aromatic rings. The van der Waals surface area contributed by atoms with Crippen molar-refractivity contribution in [3.05, 3.63) is 48.3 Å². The monoisotopic (exact) mass is 319 g/mol. The van der Waals surface area contributed by atoms with Crippen LogP contribution in [0.5, 0.6) is 11.8 Å². The molecule has 2 heterocycles. The highest BCUT2D eigenvalue weighted by atomic mass is 79.9. The molecule has 1 aliphatic rings. The Kier molecular flexibility index (Phi) is 3.41. The van der Waals surface area contributed by atoms with Gasteiger partial charge in [-0.15, -0.1) is 0 Å². The summed E-state index contributed by atoms with van der Waals surface area (Å²) in [5.41, 5.74) is 1.06. The lowest BCUT2D eigenvalue weighted by Gasteiger charge is -2.09. The second-order valence-electron chi connectivity index (χ2n) is 3.97. The van der Waals surface area contributed by atoms with E-state index in [9.17, 15) is 0 Å². The van der Waals surface area contributed by atoms with Crippen LogP contribution in [0.4, 0.5) is 0 Å². The maximum atomic E-state index is 5.52. The van der Waals surface area contributed by atoms with Crippen LogP contribution in [-0.4, -0.2) is 14.6 Å². The van der Waals surface area contributed by atoms with Gasteiger partial charge in [0.2, 0.25) is 0 Å². The minimum atomic E-state index is -0.0311. The SMILES string of the molecule is BrC1=NOC(c2ccc(Oc3ncccn3)cc2)C1. The van der Waals surface area contributed by atoms with Crippen LogP contribution < -0.4 is 4.74 Å². The third-order valence-corrected chi connectivity index (χ3v) is 3.10. The number of aromatic nitrogens is 2. The van der Waals surface area contributed by atoms with Gasteiger partial charge in [0.05, 0.1) is 0 Å². The Bertz CT molecular complexity index is 587. The summed E-state index contributed by atoms with van der Waals surface area (Å²) in [6.07, 6.45) is 3.99. The lowest BCUT2D eigenvalue weighted by molar-refractivity contribution is 0.0857. The second kappa shape index (κ2) is 5.36. The van der Waals surface area contributed by atoms with Gasteiger partial charge in [0.1, 0.15) is 10.4 Å². The Morgan fingerprint density at radius 1 is 1.16 bits per heavy atom. The van der Waals surface area contributed by atoms with Gasteiger partial charge in [-0.3, -0.25) is 0 Å². The van der Waals surface area contributed by atoms with E-state index in [1.54, 1.807) is 18.5 Å². The number of oxime groups is 1. The molecule has 0 spiro atoms. The van der Waals surface area contributed by atoms with E-state index in [0.29, 0.717) is 11.8 Å². The first-order chi connectivity index (χ1) is 9.31. The van der Waals surface area contributed by atoms with Gasteiger partial charge in [0, 0.05) is 18.8 Å². The van der Waals surface area contributed by atoms with Crippen molar-refractivity contribution < 1.29 is 9.57 Å². The smallest absolute Gasteiger partial charge is 0.321 e. The zero-order valence-corrected chi connectivity index (χ0v) is 11.4. The van der Waals surface area contributed by atoms with Crippen molar-refractivity contribution in [2.24, 2.45) is 5.16 Å². The maximum absolute atomic E-state index is 5.52. The molecule has 0 amide bonds. The molecule has 0 bridgehead atoms. The topological polar surface area (TPSA) is 56.6 Å². The van der Waals surface area contributed by atoms with Gasteiger partial charge in [0.25, 0.3) is 0 Å². The van der Waals surface area contributed by atoms with Crippen LogP contribution in [0.15, 0.2) is 47.9 Å². The van der Waals surface area contributed by atoms with Crippen LogP contribution in [0.25, 0.3) is 0 Å². The number of halogens is 1. The van der Waals surface area contributed by atoms with Crippen molar-refractivity contribution in [3.8, 4) is 11.8 Å². The molecule has 1 aliphatic heterocycles. The van der Waals surface area contributed by atoms with E-state index in [1.165, 1.54) is 0 Å². The van der Waals surface area contributed by atoms with E-state index in [0.717, 1.165) is 16.6 Å². The van der Waals surface area contributed by atoms with Crippen molar-refractivity contribution in [3.63, 3.8) is 0 Å². The first-order valence-corrected chi connectivity index (χ1v) is 6.53. The lowest BCUT2D eigenvalue weighted by Crippen LogP contribution is -1.97. The van der Waals surface area contributed by atoms with Crippen molar-refractivity contribution in [2.75, 3.05) is 0 Å². The molecule has 1 aromatic heterocycles. The number of ether oxygens (including phenoxy) is 1. The molecule has 96 valence electrons. The van der Waals surface area contributed by atoms with E-state index < -0.39 is 0 Å². The molecule has 1 unspecified atom stereocenters. The van der Waals surface area contributed by atoms with Crippen molar-refractivity contribution >= 4 is 20.6 Å². The molecule has 0 saturated carbocycles. The molecule has 0 radical (unpaired) electrons. The number of hydrogen-bond donors (Lipinski definition) is 0. The molecule has 0 N–H and O–H groups in total. The van der Waals surface area contributed by atoms with E-state index in [2.05, 4.69) is 31.1 Å². The van der Waals surface area contributed by atoms with E-state index in [-0.39, 0.29) is 6.10 Å². The van der Waals surface area contributed by atoms with Gasteiger partial charge < -0.3 is 9.57 Å². The summed E-state index contributed by atoms with van der Waals surface area (Å²) in [6, 6.07) is 9.69. The van der Waals surface area contributed by atoms with Gasteiger partial charge in [-0.1, -0.05) is 17.3 Å². The quantitative estimate of drug-likeness (QED) is 0.869. The van der Waals surface area contributed by atoms with Gasteiger partial charge >= 0.3 is 6.01 Å². The highest BCUT2D eigenvalue weighted by Gasteiger charge is 2.21. The summed E-state index contributed by atoms with van der Waals surface area (Å²) in [5, 5.41) is 3.87. The average molecular weight is 320 g/mol. The fourth-order valence-corrected chi connectivity index (χ4v) is 2.10. The first kappa shape index (κ1) is 12.1. The van der Waals surface area contributed by atoms with E-state index in [4.69, 9.17) is 9.57 Å². The second-order valence-corrected chi connectivity index (χ2v) is 4.88. The summed E-state index contributed by atoms with van der Waals surface area (Å²) in [6.45, 7) is 0. The Balaban J connectivity index is 1.69. The summed E-state index contributed by atoms with van der Waals surface area (Å²) in [4.78, 5) is 13.3. The third kappa shape index (κ3) is 2.90. The summed E-state index contributed by atoms with van der Waals surface area (Å²) in [7, 11) is 0. The number of rotatable bonds is 3. The first-order valence-electron chi connectivity index (χ1n) is 5.74. The Hall–Kier alpha value is -1.95. The Labute approximate surface area is 118 Å². The maximum Gasteiger partial charge on any atom is 0.321 e. The summed E-state index contributed by atoms with van der Waals surface area (Å²) < 4.78 is 6.35. The van der Waals surface area contributed by atoms with E-state index in [1.807, 2.05) is 24.3 Å². The van der Waals surface area contributed by atoms with Crippen LogP contribution in [0.2, 0.25) is 0 Å². The average Bonchev–Trinajstić information content (AvgIpc) is 2.87. The Morgan fingerprint density at radius 3 is 2.53 bits per heavy atom. The minimum Gasteiger partial charge on any atom is -0.424 e. The van der Waals surface area contributed by atoms with Crippen LogP contribution in [0.3, 0.4) is 0 Å². The van der Waals surface area contributed by atoms with Gasteiger partial charge in [0.15, 0.2) is 6.10 Å². The number of benzene rings is 1. The fraction of sp³-hybridized carbons (Fsp3) is 0.154. The lowest BCUT2D eigenvalue weighted by atomic mass is 10.1. The third-order valence-electron chi connectivity index (χ3n) is 2.64. The molecule has 3 rings (SSSR count). The normalized spacial score (nSPS) is 17.7. The number of hydrogen-bond acceptors (Lipinski definition) is 5. The van der Waals surface area contributed by atoms with Crippen molar-refractivity contribution in [2.45, 2.75) is 12.5 Å². The minimum absolute atomic E-state index is 0.0311. The molecule has 0 aliphatic carbocycles. The molecule has 1 atom stereocenters. The summed E-state index contributed by atoms with van der Waals surface area (Å²) >= 11 is 3.32. The van der Waals surface area contributed by atoms with Crippen molar-refractivity contribution in [1.82, 2.24) is 9.97 Å². The highest BCUT2D eigenvalue weighted by Crippen LogP contribution is 2.30. The van der Waals surface area contributed by atoms with Gasteiger partial charge in [-0.25, -0.2) is 9.97 Å². The zero-order valence-electron chi connectivity index (χ0n) is 9.86. The molecule has 5 nitrogen and oxygen atoms in total. The predicted octanol–water partition coefficient (Wildman–Crippen LogP) is 3.44. The van der Waals surface area contributed by atoms with Crippen LogP contribution in [0, 0.1) is 0 Å². The van der Waals surface area contributed by atoms with Gasteiger partial charge in [-0.2, -0.15) is 0 Å². The van der Waals surface area contributed by atoms with Gasteiger partial charge in [-0.05, 0) is 39.7 Å². The molecule has 6 heteroatoms. The molecule has 0 saturated heterocycles. The molecular formula is C13H10BrN3O2. The number of nitrogens with zero attached hydrogens (tertiary/aromatic N) is 3. The standard InChI is InChI=1S/C13H10BrN3O2/c14-12-8-11(19-17-12)9-2-4-10(5-3-9)18-13-15-6-1-7-16-13/h1-7,11H,8H2.